The summed E-state index contributed by atoms with van der Waals surface area (Å²) in [5.41, 5.74) is 3.37. The van der Waals surface area contributed by atoms with Crippen LogP contribution in [-0.4, -0.2) is 55.0 Å². The van der Waals surface area contributed by atoms with Crippen LogP contribution in [0.1, 0.15) is 22.9 Å². The molecule has 0 bridgehead atoms. The van der Waals surface area contributed by atoms with E-state index in [-0.39, 0.29) is 11.8 Å². The predicted octanol–water partition coefficient (Wildman–Crippen LogP) is 3.44. The number of aromatic amines is 1. The first-order valence-electron chi connectivity index (χ1n) is 9.80. The smallest absolute Gasteiger partial charge is 0.328 e. The van der Waals surface area contributed by atoms with Crippen LogP contribution in [0.4, 0.5) is 0 Å². The van der Waals surface area contributed by atoms with Crippen molar-refractivity contribution in [1.29, 1.82) is 0 Å². The van der Waals surface area contributed by atoms with Gasteiger partial charge in [-0.3, -0.25) is 4.79 Å². The number of H-pyrrole nitrogens is 1. The number of nitrogens with zero attached hydrogens (tertiary/aromatic N) is 1. The number of carbonyl (C=O) groups is 2. The number of carbonyl (C=O) groups excluding carboxylic acids is 2. The highest BCUT2D eigenvalue weighted by molar-refractivity contribution is 6.27. The second-order valence-corrected chi connectivity index (χ2v) is 7.52. The summed E-state index contributed by atoms with van der Waals surface area (Å²) >= 11 is 5.98. The number of methoxy groups -OCH3 is 3. The van der Waals surface area contributed by atoms with Crippen LogP contribution in [0.5, 0.6) is 11.5 Å². The van der Waals surface area contributed by atoms with Gasteiger partial charge in [0.2, 0.25) is 5.91 Å². The van der Waals surface area contributed by atoms with Gasteiger partial charge in [-0.15, -0.1) is 11.6 Å². The van der Waals surface area contributed by atoms with Gasteiger partial charge in [-0.1, -0.05) is 18.2 Å². The summed E-state index contributed by atoms with van der Waals surface area (Å²) in [6, 6.07) is 11.7. The second-order valence-electron chi connectivity index (χ2n) is 7.25. The van der Waals surface area contributed by atoms with Crippen molar-refractivity contribution in [3.8, 4) is 11.5 Å². The molecule has 31 heavy (non-hydrogen) atoms. The minimum absolute atomic E-state index is 0.272. The van der Waals surface area contributed by atoms with E-state index in [0.29, 0.717) is 23.5 Å². The fraction of sp³-hybridized carbons (Fsp3) is 0.304. The fourth-order valence-corrected chi connectivity index (χ4v) is 4.50. The molecule has 7 nitrogen and oxygen atoms in total. The van der Waals surface area contributed by atoms with Crippen molar-refractivity contribution < 1.29 is 23.8 Å². The summed E-state index contributed by atoms with van der Waals surface area (Å²) in [5.74, 6) is 0.0176. The Labute approximate surface area is 184 Å². The average molecular weight is 443 g/mol. The molecule has 0 saturated heterocycles. The standard InChI is InChI=1S/C23H23ClN2O5/c1-29-13-8-9-19(30-2)16(10-13)22-21-15(14-6-4-5-7-17(14)25-21)11-18(23(28)31-3)26(22)20(27)12-24/h4-10,18,22,25H,11-12H2,1-3H3/t18-,22+/m1/s1. The molecule has 162 valence electrons. The van der Waals surface area contributed by atoms with Gasteiger partial charge in [0.25, 0.3) is 0 Å². The zero-order valence-electron chi connectivity index (χ0n) is 17.5. The molecular weight excluding hydrogens is 420 g/mol. The van der Waals surface area contributed by atoms with Gasteiger partial charge >= 0.3 is 5.97 Å². The highest BCUT2D eigenvalue weighted by Crippen LogP contribution is 2.44. The van der Waals surface area contributed by atoms with E-state index in [2.05, 4.69) is 4.98 Å². The Balaban J connectivity index is 2.03. The first-order valence-corrected chi connectivity index (χ1v) is 10.3. The van der Waals surface area contributed by atoms with Gasteiger partial charge in [-0.25, -0.2) is 4.79 Å². The molecule has 8 heteroatoms. The van der Waals surface area contributed by atoms with Gasteiger partial charge in [0.1, 0.15) is 29.5 Å². The Bertz CT molecular complexity index is 1140. The molecule has 1 aliphatic heterocycles. The summed E-state index contributed by atoms with van der Waals surface area (Å²) in [6.07, 6.45) is 0.317. The van der Waals surface area contributed by atoms with E-state index in [1.807, 2.05) is 30.3 Å². The van der Waals surface area contributed by atoms with E-state index in [4.69, 9.17) is 25.8 Å². The van der Waals surface area contributed by atoms with Crippen LogP contribution < -0.4 is 9.47 Å². The largest absolute Gasteiger partial charge is 0.497 e. The van der Waals surface area contributed by atoms with Crippen LogP contribution >= 0.6 is 11.6 Å². The number of aromatic nitrogens is 1. The van der Waals surface area contributed by atoms with Crippen LogP contribution in [-0.2, 0) is 20.7 Å². The number of hydrogen-bond acceptors (Lipinski definition) is 5. The van der Waals surface area contributed by atoms with Crippen LogP contribution in [0.2, 0.25) is 0 Å². The van der Waals surface area contributed by atoms with Crippen LogP contribution in [0, 0.1) is 0 Å². The van der Waals surface area contributed by atoms with E-state index in [9.17, 15) is 9.59 Å². The molecule has 0 radical (unpaired) electrons. The molecule has 0 saturated carbocycles. The lowest BCUT2D eigenvalue weighted by molar-refractivity contribution is -0.154. The van der Waals surface area contributed by atoms with E-state index in [1.165, 1.54) is 12.0 Å². The van der Waals surface area contributed by atoms with Gasteiger partial charge in [0.05, 0.1) is 21.3 Å². The van der Waals surface area contributed by atoms with Crippen molar-refractivity contribution in [3.05, 3.63) is 59.3 Å². The van der Waals surface area contributed by atoms with E-state index < -0.39 is 18.1 Å². The Morgan fingerprint density at radius 2 is 1.90 bits per heavy atom. The minimum atomic E-state index is -0.830. The predicted molar refractivity (Wildman–Crippen MR) is 117 cm³/mol. The first kappa shape index (κ1) is 21.1. The molecule has 0 spiro atoms. The molecule has 2 atom stereocenters. The van der Waals surface area contributed by atoms with Crippen molar-refractivity contribution in [2.75, 3.05) is 27.2 Å². The summed E-state index contributed by atoms with van der Waals surface area (Å²) in [5, 5.41) is 0.997. The van der Waals surface area contributed by atoms with Gasteiger partial charge in [-0.05, 0) is 29.8 Å². The molecule has 2 aromatic carbocycles. The van der Waals surface area contributed by atoms with Gasteiger partial charge in [0.15, 0.2) is 0 Å². The second kappa shape index (κ2) is 8.51. The van der Waals surface area contributed by atoms with Crippen LogP contribution in [0.25, 0.3) is 10.9 Å². The van der Waals surface area contributed by atoms with Crippen LogP contribution in [0.3, 0.4) is 0 Å². The summed E-state index contributed by atoms with van der Waals surface area (Å²) in [6.45, 7) is 0. The molecule has 2 heterocycles. The highest BCUT2D eigenvalue weighted by atomic mass is 35.5. The third-order valence-electron chi connectivity index (χ3n) is 5.74. The Hall–Kier alpha value is -3.19. The van der Waals surface area contributed by atoms with Crippen molar-refractivity contribution >= 4 is 34.4 Å². The lowest BCUT2D eigenvalue weighted by Gasteiger charge is -2.41. The van der Waals surface area contributed by atoms with Gasteiger partial charge in [0, 0.05) is 28.6 Å². The molecule has 1 aromatic heterocycles. The number of benzene rings is 2. The summed E-state index contributed by atoms with van der Waals surface area (Å²) < 4.78 is 16.1. The molecule has 4 rings (SSSR count). The maximum absolute atomic E-state index is 13.1. The number of hydrogen-bond donors (Lipinski definition) is 1. The molecule has 0 aliphatic carbocycles. The highest BCUT2D eigenvalue weighted by Gasteiger charge is 2.44. The normalized spacial score (nSPS) is 17.9. The van der Waals surface area contributed by atoms with Crippen molar-refractivity contribution in [3.63, 3.8) is 0 Å². The maximum Gasteiger partial charge on any atom is 0.328 e. The monoisotopic (exact) mass is 442 g/mol. The number of halogens is 1. The first-order chi connectivity index (χ1) is 15.0. The van der Waals surface area contributed by atoms with E-state index >= 15 is 0 Å². The Morgan fingerprint density at radius 3 is 2.58 bits per heavy atom. The zero-order valence-corrected chi connectivity index (χ0v) is 18.2. The van der Waals surface area contributed by atoms with Crippen molar-refractivity contribution in [2.45, 2.75) is 18.5 Å². The van der Waals surface area contributed by atoms with E-state index in [0.717, 1.165) is 22.2 Å². The molecule has 0 fully saturated rings. The number of ether oxygens (including phenoxy) is 3. The lowest BCUT2D eigenvalue weighted by Crippen LogP contribution is -2.52. The molecule has 1 amide bonds. The maximum atomic E-state index is 13.1. The topological polar surface area (TPSA) is 80.9 Å². The average Bonchev–Trinajstić information content (AvgIpc) is 3.19. The summed E-state index contributed by atoms with van der Waals surface area (Å²) in [7, 11) is 4.45. The van der Waals surface area contributed by atoms with Gasteiger partial charge < -0.3 is 24.1 Å². The quantitative estimate of drug-likeness (QED) is 0.483. The third kappa shape index (κ3) is 3.49. The van der Waals surface area contributed by atoms with Gasteiger partial charge in [-0.2, -0.15) is 0 Å². The van der Waals surface area contributed by atoms with Crippen LogP contribution in [0.15, 0.2) is 42.5 Å². The van der Waals surface area contributed by atoms with Crippen molar-refractivity contribution in [2.24, 2.45) is 0 Å². The number of nitrogens with one attached hydrogen (secondary N) is 1. The number of fused-ring (bicyclic) bond motifs is 3. The molecule has 1 aliphatic rings. The molecule has 0 unspecified atom stereocenters. The SMILES string of the molecule is COC(=O)[C@H]1Cc2c([nH]c3ccccc23)[C@H](c2cc(OC)ccc2OC)N1C(=O)CCl. The third-order valence-corrected chi connectivity index (χ3v) is 5.97. The Morgan fingerprint density at radius 1 is 1.13 bits per heavy atom. The number of amides is 1. The fourth-order valence-electron chi connectivity index (χ4n) is 4.36. The number of alkyl halides is 1. The number of rotatable bonds is 5. The molecular formula is C23H23ClN2O5. The van der Waals surface area contributed by atoms with E-state index in [1.54, 1.807) is 26.4 Å². The minimum Gasteiger partial charge on any atom is -0.497 e. The lowest BCUT2D eigenvalue weighted by atomic mass is 9.87. The van der Waals surface area contributed by atoms with Crippen molar-refractivity contribution in [1.82, 2.24) is 9.88 Å². The summed E-state index contributed by atoms with van der Waals surface area (Å²) in [4.78, 5) is 30.8. The molecule has 3 aromatic rings. The molecule has 1 N–H and O–H groups in total. The Kier molecular flexibility index (Phi) is 5.78. The zero-order chi connectivity index (χ0) is 22.1. The number of esters is 1. The number of para-hydroxylation sites is 1.